The second-order valence-electron chi connectivity index (χ2n) is 5.52. The summed E-state index contributed by atoms with van der Waals surface area (Å²) in [6, 6.07) is 2.59. The van der Waals surface area contributed by atoms with Gasteiger partial charge in [0.15, 0.2) is 0 Å². The van der Waals surface area contributed by atoms with Crippen molar-refractivity contribution < 1.29 is 14.7 Å². The number of nitrogens with one attached hydrogen (secondary N) is 1. The number of amides is 1. The number of aromatic nitrogens is 2. The first-order chi connectivity index (χ1) is 9.88. The Morgan fingerprint density at radius 3 is 2.67 bits per heavy atom. The summed E-state index contributed by atoms with van der Waals surface area (Å²) in [7, 11) is 0. The highest BCUT2D eigenvalue weighted by molar-refractivity contribution is 5.96. The van der Waals surface area contributed by atoms with Crippen molar-refractivity contribution in [1.29, 1.82) is 0 Å². The molecule has 1 saturated carbocycles. The number of rotatable bonds is 6. The van der Waals surface area contributed by atoms with Crippen molar-refractivity contribution >= 4 is 11.9 Å². The van der Waals surface area contributed by atoms with Crippen LogP contribution in [0.15, 0.2) is 16.9 Å². The lowest BCUT2D eigenvalue weighted by molar-refractivity contribution is -0.144. The van der Waals surface area contributed by atoms with Gasteiger partial charge in [0.1, 0.15) is 11.2 Å². The number of hydrogen-bond donors (Lipinski definition) is 2. The number of aryl methyl sites for hydroxylation is 1. The number of nitrogens with zero attached hydrogens (tertiary/aromatic N) is 2. The molecule has 1 aliphatic carbocycles. The largest absolute Gasteiger partial charge is 0.480 e. The molecular formula is C14H19N3O4. The highest BCUT2D eigenvalue weighted by atomic mass is 16.4. The van der Waals surface area contributed by atoms with Gasteiger partial charge >= 0.3 is 5.97 Å². The first kappa shape index (κ1) is 15.2. The molecule has 1 aliphatic rings. The Kier molecular flexibility index (Phi) is 4.11. The molecule has 7 heteroatoms. The van der Waals surface area contributed by atoms with Crippen molar-refractivity contribution in [3.05, 3.63) is 28.2 Å². The number of hydrogen-bond acceptors (Lipinski definition) is 4. The van der Waals surface area contributed by atoms with Crippen molar-refractivity contribution in [2.24, 2.45) is 5.92 Å². The zero-order valence-electron chi connectivity index (χ0n) is 12.1. The Hall–Kier alpha value is -2.18. The van der Waals surface area contributed by atoms with E-state index in [0.29, 0.717) is 13.0 Å². The van der Waals surface area contributed by atoms with Crippen LogP contribution >= 0.6 is 0 Å². The van der Waals surface area contributed by atoms with Gasteiger partial charge in [-0.25, -0.2) is 9.48 Å². The maximum Gasteiger partial charge on any atom is 0.329 e. The van der Waals surface area contributed by atoms with Gasteiger partial charge in [0.2, 0.25) is 0 Å². The van der Waals surface area contributed by atoms with E-state index in [1.807, 2.05) is 6.92 Å². The molecule has 0 radical (unpaired) electrons. The summed E-state index contributed by atoms with van der Waals surface area (Å²) in [6.07, 6.45) is 2.28. The monoisotopic (exact) mass is 293 g/mol. The van der Waals surface area contributed by atoms with Gasteiger partial charge in [-0.15, -0.1) is 0 Å². The summed E-state index contributed by atoms with van der Waals surface area (Å²) in [5.74, 6) is -1.68. The fourth-order valence-electron chi connectivity index (χ4n) is 2.23. The molecule has 1 aromatic rings. The fourth-order valence-corrected chi connectivity index (χ4v) is 2.23. The molecule has 0 spiro atoms. The van der Waals surface area contributed by atoms with E-state index in [-0.39, 0.29) is 17.2 Å². The van der Waals surface area contributed by atoms with Crippen molar-refractivity contribution in [3.63, 3.8) is 0 Å². The topological polar surface area (TPSA) is 101 Å². The predicted octanol–water partition coefficient (Wildman–Crippen LogP) is 0.636. The first-order valence-electron chi connectivity index (χ1n) is 7.02. The lowest BCUT2D eigenvalue weighted by atomic mass is 9.96. The predicted molar refractivity (Wildman–Crippen MR) is 75.0 cm³/mol. The van der Waals surface area contributed by atoms with Crippen LogP contribution in [0, 0.1) is 5.92 Å². The van der Waals surface area contributed by atoms with Crippen LogP contribution in [0.25, 0.3) is 0 Å². The van der Waals surface area contributed by atoms with Crippen LogP contribution in [-0.2, 0) is 11.3 Å². The Morgan fingerprint density at radius 2 is 2.14 bits per heavy atom. The van der Waals surface area contributed by atoms with Crippen LogP contribution in [0.1, 0.15) is 43.6 Å². The third kappa shape index (κ3) is 3.12. The van der Waals surface area contributed by atoms with E-state index in [4.69, 9.17) is 0 Å². The van der Waals surface area contributed by atoms with Crippen molar-refractivity contribution in [1.82, 2.24) is 15.1 Å². The van der Waals surface area contributed by atoms with Gasteiger partial charge < -0.3 is 10.4 Å². The number of carbonyl (C=O) groups excluding carboxylic acids is 1. The molecule has 0 aliphatic heterocycles. The molecule has 2 N–H and O–H groups in total. The zero-order valence-corrected chi connectivity index (χ0v) is 12.1. The van der Waals surface area contributed by atoms with E-state index in [2.05, 4.69) is 10.4 Å². The van der Waals surface area contributed by atoms with Gasteiger partial charge in [0, 0.05) is 12.6 Å². The van der Waals surface area contributed by atoms with Crippen molar-refractivity contribution in [3.8, 4) is 0 Å². The standard InChI is InChI=1S/C14H19N3O4/c1-3-8-17-11(18)7-6-10(16-17)12(19)15-14(2,13(20)21)9-4-5-9/h6-7,9H,3-5,8H2,1-2H3,(H,15,19)(H,20,21). The van der Waals surface area contributed by atoms with Crippen LogP contribution in [0.3, 0.4) is 0 Å². The van der Waals surface area contributed by atoms with E-state index < -0.39 is 17.4 Å². The minimum absolute atomic E-state index is 0.0520. The lowest BCUT2D eigenvalue weighted by Crippen LogP contribution is -2.54. The van der Waals surface area contributed by atoms with Gasteiger partial charge in [-0.3, -0.25) is 9.59 Å². The zero-order chi connectivity index (χ0) is 15.6. The summed E-state index contributed by atoms with van der Waals surface area (Å²) < 4.78 is 1.21. The van der Waals surface area contributed by atoms with Crippen LogP contribution in [0.5, 0.6) is 0 Å². The quantitative estimate of drug-likeness (QED) is 0.801. The molecule has 0 bridgehead atoms. The molecule has 0 aromatic carbocycles. The van der Waals surface area contributed by atoms with E-state index in [9.17, 15) is 19.5 Å². The smallest absolute Gasteiger partial charge is 0.329 e. The van der Waals surface area contributed by atoms with Crippen molar-refractivity contribution in [2.75, 3.05) is 0 Å². The maximum atomic E-state index is 12.2. The van der Waals surface area contributed by atoms with Gasteiger partial charge in [0.05, 0.1) is 0 Å². The maximum absolute atomic E-state index is 12.2. The normalized spacial score (nSPS) is 17.0. The van der Waals surface area contributed by atoms with Gasteiger partial charge in [-0.1, -0.05) is 6.92 Å². The average Bonchev–Trinajstić information content (AvgIpc) is 3.25. The van der Waals surface area contributed by atoms with E-state index in [0.717, 1.165) is 12.8 Å². The summed E-state index contributed by atoms with van der Waals surface area (Å²) in [5.41, 5.74) is -1.52. The second kappa shape index (κ2) is 5.67. The van der Waals surface area contributed by atoms with Gasteiger partial charge in [-0.2, -0.15) is 5.10 Å². The average molecular weight is 293 g/mol. The highest BCUT2D eigenvalue weighted by Gasteiger charge is 2.48. The molecule has 7 nitrogen and oxygen atoms in total. The molecule has 1 heterocycles. The molecular weight excluding hydrogens is 274 g/mol. The SMILES string of the molecule is CCCn1nc(C(=O)NC(C)(C(=O)O)C2CC2)ccc1=O. The number of carboxylic acids is 1. The van der Waals surface area contributed by atoms with E-state index in [1.165, 1.54) is 23.7 Å². The van der Waals surface area contributed by atoms with E-state index in [1.54, 1.807) is 0 Å². The molecule has 1 unspecified atom stereocenters. The third-order valence-electron chi connectivity index (χ3n) is 3.75. The van der Waals surface area contributed by atoms with Crippen LogP contribution in [-0.4, -0.2) is 32.3 Å². The molecule has 21 heavy (non-hydrogen) atoms. The van der Waals surface area contributed by atoms with Gasteiger partial charge in [0.25, 0.3) is 11.5 Å². The Bertz CT molecular complexity index is 621. The summed E-state index contributed by atoms with van der Waals surface area (Å²) in [5, 5.41) is 15.9. The Labute approximate surface area is 122 Å². The molecule has 1 aromatic heterocycles. The molecule has 114 valence electrons. The van der Waals surface area contributed by atoms with Crippen molar-refractivity contribution in [2.45, 2.75) is 45.2 Å². The van der Waals surface area contributed by atoms with Crippen LogP contribution in [0.4, 0.5) is 0 Å². The highest BCUT2D eigenvalue weighted by Crippen LogP contribution is 2.39. The summed E-state index contributed by atoms with van der Waals surface area (Å²) >= 11 is 0. The Morgan fingerprint density at radius 1 is 1.48 bits per heavy atom. The molecule has 1 atom stereocenters. The number of carbonyl (C=O) groups is 2. The minimum Gasteiger partial charge on any atom is -0.480 e. The second-order valence-corrected chi connectivity index (χ2v) is 5.52. The fraction of sp³-hybridized carbons (Fsp3) is 0.571. The van der Waals surface area contributed by atoms with Crippen LogP contribution in [0.2, 0.25) is 0 Å². The van der Waals surface area contributed by atoms with E-state index >= 15 is 0 Å². The Balaban J connectivity index is 2.22. The van der Waals surface area contributed by atoms with Gasteiger partial charge in [-0.05, 0) is 38.2 Å². The molecule has 1 amide bonds. The summed E-state index contributed by atoms with van der Waals surface area (Å²) in [4.78, 5) is 35.2. The van der Waals surface area contributed by atoms with Crippen LogP contribution < -0.4 is 10.9 Å². The number of aliphatic carboxylic acids is 1. The third-order valence-corrected chi connectivity index (χ3v) is 3.75. The lowest BCUT2D eigenvalue weighted by Gasteiger charge is -2.25. The first-order valence-corrected chi connectivity index (χ1v) is 7.02. The number of carboxylic acid groups (broad SMARTS) is 1. The minimum atomic E-state index is -1.29. The molecule has 1 fully saturated rings. The molecule has 0 saturated heterocycles. The molecule has 2 rings (SSSR count). The summed E-state index contributed by atoms with van der Waals surface area (Å²) in [6.45, 7) is 3.82.